The van der Waals surface area contributed by atoms with E-state index in [1.807, 2.05) is 0 Å². The molecule has 170 valence electrons. The fourth-order valence-corrected chi connectivity index (χ4v) is 5.15. The Kier molecular flexibility index (Phi) is 5.76. The van der Waals surface area contributed by atoms with Crippen LogP contribution in [0.15, 0.2) is 42.5 Å². The molecule has 2 aromatic rings. The molecule has 10 heteroatoms. The van der Waals surface area contributed by atoms with Gasteiger partial charge in [-0.05, 0) is 53.8 Å². The van der Waals surface area contributed by atoms with Crippen LogP contribution in [0.1, 0.15) is 28.7 Å². The molecule has 0 spiro atoms. The summed E-state index contributed by atoms with van der Waals surface area (Å²) in [6, 6.07) is 8.45. The number of alkyl halides is 3. The fraction of sp³-hybridized carbons (Fsp3) is 0.318. The molecule has 1 N–H and O–H groups in total. The molecule has 0 fully saturated rings. The number of halogens is 3. The number of carbonyl (C=O) groups is 1. The number of carbonyl (C=O) groups excluding carboxylic acids is 1. The number of fused-ring (bicyclic) bond motifs is 2. The highest BCUT2D eigenvalue weighted by Gasteiger charge is 2.32. The third kappa shape index (κ3) is 4.37. The average molecular weight is 466 g/mol. The fourth-order valence-electron chi connectivity index (χ4n) is 3.95. The number of anilines is 2. The van der Waals surface area contributed by atoms with Gasteiger partial charge in [0, 0.05) is 24.4 Å². The van der Waals surface area contributed by atoms with E-state index >= 15 is 0 Å². The molecule has 1 amide bonds. The first-order valence-electron chi connectivity index (χ1n) is 9.94. The number of nitrogens with one attached hydrogen (secondary N) is 1. The van der Waals surface area contributed by atoms with Gasteiger partial charge in [0.1, 0.15) is 0 Å². The summed E-state index contributed by atoms with van der Waals surface area (Å²) < 4.78 is 70.1. The number of hydrogen-bond donors (Lipinski definition) is 1. The molecule has 0 radical (unpaired) electrons. The van der Waals surface area contributed by atoms with Crippen LogP contribution in [-0.4, -0.2) is 33.7 Å². The first kappa shape index (κ1) is 22.3. The number of amides is 1. The summed E-state index contributed by atoms with van der Waals surface area (Å²) in [6.45, 7) is 0.309. The van der Waals surface area contributed by atoms with Gasteiger partial charge in [-0.25, -0.2) is 8.42 Å². The molecule has 2 aliphatic heterocycles. The lowest BCUT2D eigenvalue weighted by Gasteiger charge is -2.28. The second-order valence-corrected chi connectivity index (χ2v) is 9.79. The summed E-state index contributed by atoms with van der Waals surface area (Å²) in [5.74, 6) is -0.506. The summed E-state index contributed by atoms with van der Waals surface area (Å²) in [4.78, 5) is 12.8. The quantitative estimate of drug-likeness (QED) is 0.680. The van der Waals surface area contributed by atoms with E-state index in [-0.39, 0.29) is 25.4 Å². The van der Waals surface area contributed by atoms with Gasteiger partial charge in [-0.15, -0.1) is 0 Å². The van der Waals surface area contributed by atoms with Crippen LogP contribution in [0.5, 0.6) is 0 Å². The minimum absolute atomic E-state index is 0.0330. The van der Waals surface area contributed by atoms with Crippen LogP contribution in [0, 0.1) is 0 Å². The smallest absolute Gasteiger partial charge is 0.376 e. The van der Waals surface area contributed by atoms with E-state index < -0.39 is 27.7 Å². The van der Waals surface area contributed by atoms with Gasteiger partial charge in [0.2, 0.25) is 15.9 Å². The van der Waals surface area contributed by atoms with Gasteiger partial charge in [-0.3, -0.25) is 9.10 Å². The van der Waals surface area contributed by atoms with Crippen molar-refractivity contribution in [2.75, 3.05) is 29.0 Å². The predicted octanol–water partition coefficient (Wildman–Crippen LogP) is 3.97. The van der Waals surface area contributed by atoms with Gasteiger partial charge < -0.3 is 10.1 Å². The zero-order chi connectivity index (χ0) is 23.1. The number of rotatable bonds is 2. The van der Waals surface area contributed by atoms with Crippen molar-refractivity contribution in [1.29, 1.82) is 0 Å². The average Bonchev–Trinajstić information content (AvgIpc) is 2.92. The van der Waals surface area contributed by atoms with Crippen molar-refractivity contribution in [1.82, 2.24) is 0 Å². The van der Waals surface area contributed by atoms with Gasteiger partial charge in [0.05, 0.1) is 30.2 Å². The van der Waals surface area contributed by atoms with E-state index in [9.17, 15) is 26.4 Å². The summed E-state index contributed by atoms with van der Waals surface area (Å²) in [5, 5.41) is 2.79. The normalized spacial score (nSPS) is 19.1. The minimum atomic E-state index is -4.46. The van der Waals surface area contributed by atoms with Crippen molar-refractivity contribution in [3.05, 3.63) is 64.7 Å². The molecule has 4 rings (SSSR count). The van der Waals surface area contributed by atoms with E-state index in [0.717, 1.165) is 17.7 Å². The monoisotopic (exact) mass is 466 g/mol. The Morgan fingerprint density at radius 3 is 2.72 bits per heavy atom. The third-order valence-electron chi connectivity index (χ3n) is 5.63. The molecule has 0 unspecified atom stereocenters. The molecule has 0 aromatic heterocycles. The molecule has 6 nitrogen and oxygen atoms in total. The van der Waals surface area contributed by atoms with Crippen molar-refractivity contribution < 1.29 is 31.1 Å². The zero-order valence-electron chi connectivity index (χ0n) is 17.2. The van der Waals surface area contributed by atoms with E-state index in [2.05, 4.69) is 5.32 Å². The first-order valence-corrected chi connectivity index (χ1v) is 11.6. The Balaban J connectivity index is 1.63. The van der Waals surface area contributed by atoms with Crippen LogP contribution in [0.4, 0.5) is 24.5 Å². The van der Waals surface area contributed by atoms with Crippen LogP contribution in [-0.2, 0) is 38.8 Å². The van der Waals surface area contributed by atoms with Crippen molar-refractivity contribution in [2.45, 2.75) is 25.6 Å². The lowest BCUT2D eigenvalue weighted by atomic mass is 9.96. The molecule has 0 saturated heterocycles. The molecule has 0 saturated carbocycles. The van der Waals surface area contributed by atoms with E-state index in [0.29, 0.717) is 34.5 Å². The number of benzene rings is 2. The number of nitrogens with zero attached hydrogens (tertiary/aromatic N) is 1. The standard InChI is InChI=1S/C22H21F3N2O4S/c1-27-20-4-2-3-19(18(20)8-10-32(27,29)30)26-21(28)12-14-7-9-31-13-15-11-16(22(23,24)25)5-6-17(14)15/h2-6,11-12H,7-10,13H2,1H3,(H,26,28)/b14-12+. The predicted molar refractivity (Wildman–Crippen MR) is 115 cm³/mol. The first-order chi connectivity index (χ1) is 15.1. The molecule has 0 atom stereocenters. The Bertz CT molecular complexity index is 1210. The second-order valence-electron chi connectivity index (χ2n) is 7.67. The Morgan fingerprint density at radius 1 is 1.19 bits per heavy atom. The lowest BCUT2D eigenvalue weighted by molar-refractivity contribution is -0.137. The maximum Gasteiger partial charge on any atom is 0.416 e. The van der Waals surface area contributed by atoms with E-state index in [1.54, 1.807) is 18.2 Å². The molecule has 2 aliphatic rings. The Morgan fingerprint density at radius 2 is 1.97 bits per heavy atom. The molecule has 0 aliphatic carbocycles. The highest BCUT2D eigenvalue weighted by molar-refractivity contribution is 7.92. The molecular weight excluding hydrogens is 445 g/mol. The maximum atomic E-state index is 13.1. The van der Waals surface area contributed by atoms with Crippen molar-refractivity contribution in [3.63, 3.8) is 0 Å². The summed E-state index contributed by atoms with van der Waals surface area (Å²) in [7, 11) is -1.91. The molecule has 32 heavy (non-hydrogen) atoms. The van der Waals surface area contributed by atoms with Crippen LogP contribution >= 0.6 is 0 Å². The maximum absolute atomic E-state index is 13.1. The molecule has 2 aromatic carbocycles. The van der Waals surface area contributed by atoms with Crippen LogP contribution < -0.4 is 9.62 Å². The van der Waals surface area contributed by atoms with E-state index in [1.165, 1.54) is 23.5 Å². The van der Waals surface area contributed by atoms with Crippen LogP contribution in [0.3, 0.4) is 0 Å². The van der Waals surface area contributed by atoms with Gasteiger partial charge >= 0.3 is 6.18 Å². The summed E-state index contributed by atoms with van der Waals surface area (Å²) in [5.41, 5.74) is 2.47. The minimum Gasteiger partial charge on any atom is -0.376 e. The van der Waals surface area contributed by atoms with Crippen molar-refractivity contribution in [2.24, 2.45) is 0 Å². The van der Waals surface area contributed by atoms with Crippen molar-refractivity contribution in [3.8, 4) is 0 Å². The summed E-state index contributed by atoms with van der Waals surface area (Å²) >= 11 is 0. The van der Waals surface area contributed by atoms with Crippen molar-refractivity contribution >= 4 is 32.9 Å². The van der Waals surface area contributed by atoms with Crippen LogP contribution in [0.25, 0.3) is 5.57 Å². The third-order valence-corrected chi connectivity index (χ3v) is 7.38. The van der Waals surface area contributed by atoms with E-state index in [4.69, 9.17) is 4.74 Å². The van der Waals surface area contributed by atoms with Gasteiger partial charge in [-0.2, -0.15) is 13.2 Å². The molecule has 0 bridgehead atoms. The molecule has 2 heterocycles. The Labute approximate surface area is 183 Å². The molecular formula is C22H21F3N2O4S. The number of hydrogen-bond acceptors (Lipinski definition) is 4. The highest BCUT2D eigenvalue weighted by atomic mass is 32.2. The number of ether oxygens (including phenoxy) is 1. The summed E-state index contributed by atoms with van der Waals surface area (Å²) in [6.07, 6.45) is -2.45. The zero-order valence-corrected chi connectivity index (χ0v) is 18.0. The topological polar surface area (TPSA) is 75.7 Å². The lowest BCUT2D eigenvalue weighted by Crippen LogP contribution is -2.34. The SMILES string of the molecule is CN1c2cccc(NC(=O)/C=C3\CCOCc4cc(C(F)(F)F)ccc43)c2CCS1(=O)=O. The Hall–Kier alpha value is -2.85. The van der Waals surface area contributed by atoms with Gasteiger partial charge in [-0.1, -0.05) is 12.1 Å². The second kappa shape index (κ2) is 8.25. The van der Waals surface area contributed by atoms with Gasteiger partial charge in [0.25, 0.3) is 0 Å². The van der Waals surface area contributed by atoms with Crippen LogP contribution in [0.2, 0.25) is 0 Å². The highest BCUT2D eigenvalue weighted by Crippen LogP contribution is 2.35. The number of sulfonamides is 1. The van der Waals surface area contributed by atoms with Gasteiger partial charge in [0.15, 0.2) is 0 Å². The largest absolute Gasteiger partial charge is 0.416 e.